The molecule has 1 aromatic rings. The molecule has 0 saturated heterocycles. The summed E-state index contributed by atoms with van der Waals surface area (Å²) in [6.07, 6.45) is 0.901. The van der Waals surface area contributed by atoms with Crippen molar-refractivity contribution in [2.45, 2.75) is 6.04 Å². The molecule has 1 atom stereocenters. The van der Waals surface area contributed by atoms with Crippen LogP contribution in [-0.4, -0.2) is 13.3 Å². The van der Waals surface area contributed by atoms with E-state index in [1.54, 1.807) is 18.4 Å². The number of nitrogens with one attached hydrogen (secondary N) is 1. The van der Waals surface area contributed by atoms with Crippen molar-refractivity contribution in [2.24, 2.45) is 0 Å². The van der Waals surface area contributed by atoms with E-state index in [-0.39, 0.29) is 6.04 Å². The molecule has 0 saturated carbocycles. The van der Waals surface area contributed by atoms with Crippen LogP contribution >= 0.6 is 27.3 Å². The number of rotatable bonds is 3. The summed E-state index contributed by atoms with van der Waals surface area (Å²) in [7, 11) is 1.77. The quantitative estimate of drug-likeness (QED) is 0.810. The zero-order valence-corrected chi connectivity index (χ0v) is 8.41. The standard InChI is InChI=1S/C7H8BrNOS/c1-9-5(4-10)6-2-3-7(8)11-6/h2-5,9H,1H3. The zero-order valence-electron chi connectivity index (χ0n) is 6.00. The van der Waals surface area contributed by atoms with Gasteiger partial charge in [-0.25, -0.2) is 0 Å². The first-order valence-corrected chi connectivity index (χ1v) is 4.76. The normalized spacial score (nSPS) is 12.9. The van der Waals surface area contributed by atoms with Gasteiger partial charge in [0, 0.05) is 4.88 Å². The third-order valence-corrected chi connectivity index (χ3v) is 3.05. The molecule has 2 nitrogen and oxygen atoms in total. The zero-order chi connectivity index (χ0) is 8.27. The maximum Gasteiger partial charge on any atom is 0.142 e. The third-order valence-electron chi connectivity index (χ3n) is 1.35. The topological polar surface area (TPSA) is 29.1 Å². The van der Waals surface area contributed by atoms with E-state index in [2.05, 4.69) is 21.2 Å². The van der Waals surface area contributed by atoms with Gasteiger partial charge in [-0.2, -0.15) is 0 Å². The number of aldehydes is 1. The third kappa shape index (κ3) is 2.12. The highest BCUT2D eigenvalue weighted by Gasteiger charge is 2.08. The predicted molar refractivity (Wildman–Crippen MR) is 49.9 cm³/mol. The molecule has 0 spiro atoms. The van der Waals surface area contributed by atoms with Crippen LogP contribution in [0.5, 0.6) is 0 Å². The van der Waals surface area contributed by atoms with Gasteiger partial charge in [-0.1, -0.05) is 0 Å². The number of hydrogen-bond acceptors (Lipinski definition) is 3. The van der Waals surface area contributed by atoms with Gasteiger partial charge < -0.3 is 10.1 Å². The molecule has 0 radical (unpaired) electrons. The molecule has 0 amide bonds. The lowest BCUT2D eigenvalue weighted by molar-refractivity contribution is -0.109. The van der Waals surface area contributed by atoms with Gasteiger partial charge in [0.25, 0.3) is 0 Å². The average molecular weight is 234 g/mol. The van der Waals surface area contributed by atoms with E-state index in [0.29, 0.717) is 0 Å². The van der Waals surface area contributed by atoms with Crippen molar-refractivity contribution in [2.75, 3.05) is 7.05 Å². The molecule has 1 rings (SSSR count). The molecular formula is C7H8BrNOS. The molecule has 1 aromatic heterocycles. The lowest BCUT2D eigenvalue weighted by atomic mass is 10.3. The van der Waals surface area contributed by atoms with E-state index in [1.165, 1.54) is 0 Å². The molecule has 0 fully saturated rings. The average Bonchev–Trinajstić information content (AvgIpc) is 2.39. The maximum absolute atomic E-state index is 10.5. The Morgan fingerprint density at radius 2 is 2.45 bits per heavy atom. The van der Waals surface area contributed by atoms with E-state index in [0.717, 1.165) is 14.9 Å². The Bertz CT molecular complexity index is 248. The summed E-state index contributed by atoms with van der Waals surface area (Å²) in [5.41, 5.74) is 0. The molecule has 0 aromatic carbocycles. The monoisotopic (exact) mass is 233 g/mol. The fourth-order valence-electron chi connectivity index (χ4n) is 0.773. The highest BCUT2D eigenvalue weighted by Crippen LogP contribution is 2.25. The SMILES string of the molecule is CNC(C=O)c1ccc(Br)s1. The fraction of sp³-hybridized carbons (Fsp3) is 0.286. The van der Waals surface area contributed by atoms with Crippen molar-refractivity contribution in [3.63, 3.8) is 0 Å². The molecule has 0 aliphatic carbocycles. The number of hydrogen-bond donors (Lipinski definition) is 1. The first-order chi connectivity index (χ1) is 5.27. The predicted octanol–water partition coefficient (Wildman–Crippen LogP) is 1.97. The summed E-state index contributed by atoms with van der Waals surface area (Å²) in [6, 6.07) is 3.71. The van der Waals surface area contributed by atoms with Crippen molar-refractivity contribution in [3.8, 4) is 0 Å². The minimum atomic E-state index is -0.161. The Morgan fingerprint density at radius 3 is 2.82 bits per heavy atom. The molecular weight excluding hydrogens is 226 g/mol. The van der Waals surface area contributed by atoms with Gasteiger partial charge in [0.2, 0.25) is 0 Å². The molecule has 0 aliphatic rings. The molecule has 1 unspecified atom stereocenters. The van der Waals surface area contributed by atoms with Crippen LogP contribution in [0.15, 0.2) is 15.9 Å². The van der Waals surface area contributed by atoms with Crippen molar-refractivity contribution < 1.29 is 4.79 Å². The Balaban J connectivity index is 2.81. The molecule has 11 heavy (non-hydrogen) atoms. The summed E-state index contributed by atoms with van der Waals surface area (Å²) in [6.45, 7) is 0. The molecule has 4 heteroatoms. The van der Waals surface area contributed by atoms with Crippen LogP contribution in [0.3, 0.4) is 0 Å². The number of carbonyl (C=O) groups excluding carboxylic acids is 1. The maximum atomic E-state index is 10.5. The van der Waals surface area contributed by atoms with Crippen LogP contribution < -0.4 is 5.32 Å². The van der Waals surface area contributed by atoms with Gasteiger partial charge in [0.05, 0.1) is 9.83 Å². The second kappa shape index (κ2) is 3.99. The Morgan fingerprint density at radius 1 is 1.73 bits per heavy atom. The minimum absolute atomic E-state index is 0.161. The van der Waals surface area contributed by atoms with Crippen LogP contribution in [0.4, 0.5) is 0 Å². The Labute approximate surface area is 77.7 Å². The van der Waals surface area contributed by atoms with Gasteiger partial charge in [-0.15, -0.1) is 11.3 Å². The van der Waals surface area contributed by atoms with Gasteiger partial charge in [-0.3, -0.25) is 0 Å². The van der Waals surface area contributed by atoms with Crippen LogP contribution in [0, 0.1) is 0 Å². The summed E-state index contributed by atoms with van der Waals surface area (Å²) < 4.78 is 1.05. The lowest BCUT2D eigenvalue weighted by Crippen LogP contribution is -2.15. The second-order valence-electron chi connectivity index (χ2n) is 2.04. The summed E-state index contributed by atoms with van der Waals surface area (Å²) >= 11 is 4.90. The molecule has 0 aliphatic heterocycles. The van der Waals surface area contributed by atoms with Crippen LogP contribution in [-0.2, 0) is 4.79 Å². The lowest BCUT2D eigenvalue weighted by Gasteiger charge is -2.03. The minimum Gasteiger partial charge on any atom is -0.306 e. The first-order valence-electron chi connectivity index (χ1n) is 3.15. The number of likely N-dealkylation sites (N-methyl/N-ethyl adjacent to an activating group) is 1. The van der Waals surface area contributed by atoms with Gasteiger partial charge in [-0.05, 0) is 35.1 Å². The Hall–Kier alpha value is -0.190. The molecule has 1 N–H and O–H groups in total. The van der Waals surface area contributed by atoms with E-state index in [1.807, 2.05) is 12.1 Å². The van der Waals surface area contributed by atoms with Crippen molar-refractivity contribution in [1.82, 2.24) is 5.32 Å². The molecule has 60 valence electrons. The Kier molecular flexibility index (Phi) is 3.23. The number of thiophene rings is 1. The smallest absolute Gasteiger partial charge is 0.142 e. The highest BCUT2D eigenvalue weighted by molar-refractivity contribution is 9.11. The summed E-state index contributed by atoms with van der Waals surface area (Å²) in [5, 5.41) is 2.90. The van der Waals surface area contributed by atoms with Crippen LogP contribution in [0.2, 0.25) is 0 Å². The summed E-state index contributed by atoms with van der Waals surface area (Å²) in [5.74, 6) is 0. The molecule has 0 bridgehead atoms. The van der Waals surface area contributed by atoms with Gasteiger partial charge in [0.15, 0.2) is 0 Å². The van der Waals surface area contributed by atoms with E-state index in [4.69, 9.17) is 0 Å². The van der Waals surface area contributed by atoms with Gasteiger partial charge in [0.1, 0.15) is 6.29 Å². The van der Waals surface area contributed by atoms with Crippen molar-refractivity contribution in [1.29, 1.82) is 0 Å². The van der Waals surface area contributed by atoms with Crippen LogP contribution in [0.25, 0.3) is 0 Å². The second-order valence-corrected chi connectivity index (χ2v) is 4.54. The van der Waals surface area contributed by atoms with E-state index < -0.39 is 0 Å². The number of halogens is 1. The van der Waals surface area contributed by atoms with Gasteiger partial charge >= 0.3 is 0 Å². The highest BCUT2D eigenvalue weighted by atomic mass is 79.9. The largest absolute Gasteiger partial charge is 0.306 e. The fourth-order valence-corrected chi connectivity index (χ4v) is 2.26. The molecule has 1 heterocycles. The number of carbonyl (C=O) groups is 1. The van der Waals surface area contributed by atoms with E-state index in [9.17, 15) is 4.79 Å². The van der Waals surface area contributed by atoms with Crippen molar-refractivity contribution in [3.05, 3.63) is 20.8 Å². The van der Waals surface area contributed by atoms with Crippen LogP contribution in [0.1, 0.15) is 10.9 Å². The van der Waals surface area contributed by atoms with E-state index >= 15 is 0 Å². The summed E-state index contributed by atoms with van der Waals surface area (Å²) in [4.78, 5) is 11.5. The first kappa shape index (κ1) is 8.90. The van der Waals surface area contributed by atoms with Crippen molar-refractivity contribution >= 4 is 33.6 Å².